The van der Waals surface area contributed by atoms with Crippen molar-refractivity contribution < 1.29 is 0 Å². The molecule has 1 unspecified atom stereocenters. The van der Waals surface area contributed by atoms with E-state index < -0.39 is 0 Å². The molecule has 1 aliphatic rings. The molecule has 0 amide bonds. The van der Waals surface area contributed by atoms with Crippen molar-refractivity contribution >= 4 is 5.71 Å². The van der Waals surface area contributed by atoms with Gasteiger partial charge in [0, 0.05) is 23.7 Å². The monoisotopic (exact) mass is 146 g/mol. The zero-order chi connectivity index (χ0) is 7.84. The summed E-state index contributed by atoms with van der Waals surface area (Å²) in [7, 11) is 0. The lowest BCUT2D eigenvalue weighted by atomic mass is 10.1. The smallest absolute Gasteiger partial charge is 0.0408 e. The average molecular weight is 146 g/mol. The first-order chi connectivity index (χ1) is 5.29. The lowest BCUT2D eigenvalue weighted by Gasteiger charge is -2.00. The molecule has 0 heterocycles. The zero-order valence-electron chi connectivity index (χ0n) is 6.17. The van der Waals surface area contributed by atoms with Crippen LogP contribution in [0.4, 0.5) is 0 Å². The molecule has 0 fully saturated rings. The van der Waals surface area contributed by atoms with Crippen LogP contribution in [0.3, 0.4) is 0 Å². The number of hydrogen-bond acceptors (Lipinski definition) is 2. The molecule has 1 atom stereocenters. The molecule has 1 aromatic rings. The largest absolute Gasteiger partial charge is 0.324 e. The SMILES string of the molecule is N=C1CC(N)c2ccccc21. The highest BCUT2D eigenvalue weighted by atomic mass is 14.7. The minimum absolute atomic E-state index is 0.0544. The lowest BCUT2D eigenvalue weighted by molar-refractivity contribution is 0.788. The highest BCUT2D eigenvalue weighted by Gasteiger charge is 2.22. The summed E-state index contributed by atoms with van der Waals surface area (Å²) in [5.41, 5.74) is 8.62. The molecular weight excluding hydrogens is 136 g/mol. The predicted octanol–water partition coefficient (Wildman–Crippen LogP) is 1.46. The second-order valence-electron chi connectivity index (χ2n) is 2.88. The van der Waals surface area contributed by atoms with Gasteiger partial charge in [-0.3, -0.25) is 0 Å². The van der Waals surface area contributed by atoms with Gasteiger partial charge in [0.25, 0.3) is 0 Å². The van der Waals surface area contributed by atoms with Crippen molar-refractivity contribution in [3.8, 4) is 0 Å². The Morgan fingerprint density at radius 2 is 2.09 bits per heavy atom. The maximum absolute atomic E-state index is 7.58. The van der Waals surface area contributed by atoms with E-state index in [4.69, 9.17) is 11.1 Å². The Bertz CT molecular complexity index is 304. The fourth-order valence-electron chi connectivity index (χ4n) is 1.53. The molecule has 0 bridgehead atoms. The molecule has 0 spiro atoms. The van der Waals surface area contributed by atoms with Crippen molar-refractivity contribution in [1.29, 1.82) is 5.41 Å². The van der Waals surface area contributed by atoms with E-state index in [1.54, 1.807) is 0 Å². The van der Waals surface area contributed by atoms with E-state index in [1.165, 1.54) is 0 Å². The third kappa shape index (κ3) is 0.870. The number of nitrogens with two attached hydrogens (primary N) is 1. The fourth-order valence-corrected chi connectivity index (χ4v) is 1.53. The van der Waals surface area contributed by atoms with Crippen LogP contribution in [0.2, 0.25) is 0 Å². The van der Waals surface area contributed by atoms with Crippen LogP contribution in [0.25, 0.3) is 0 Å². The molecule has 11 heavy (non-hydrogen) atoms. The third-order valence-corrected chi connectivity index (χ3v) is 2.11. The quantitative estimate of drug-likeness (QED) is 0.572. The van der Waals surface area contributed by atoms with Gasteiger partial charge in [-0.25, -0.2) is 0 Å². The molecule has 56 valence electrons. The van der Waals surface area contributed by atoms with E-state index in [-0.39, 0.29) is 6.04 Å². The lowest BCUT2D eigenvalue weighted by Crippen LogP contribution is -2.05. The number of rotatable bonds is 0. The number of fused-ring (bicyclic) bond motifs is 1. The highest BCUT2D eigenvalue weighted by Crippen LogP contribution is 2.28. The minimum Gasteiger partial charge on any atom is -0.324 e. The summed E-state index contributed by atoms with van der Waals surface area (Å²) in [6, 6.07) is 7.94. The summed E-state index contributed by atoms with van der Waals surface area (Å²) in [6.07, 6.45) is 0.694. The molecule has 1 aromatic carbocycles. The molecule has 2 rings (SSSR count). The summed E-state index contributed by atoms with van der Waals surface area (Å²) in [5.74, 6) is 0. The highest BCUT2D eigenvalue weighted by molar-refractivity contribution is 6.02. The fraction of sp³-hybridized carbons (Fsp3) is 0.222. The Morgan fingerprint density at radius 3 is 2.82 bits per heavy atom. The topological polar surface area (TPSA) is 49.9 Å². The second-order valence-corrected chi connectivity index (χ2v) is 2.88. The van der Waals surface area contributed by atoms with Gasteiger partial charge < -0.3 is 11.1 Å². The van der Waals surface area contributed by atoms with Gasteiger partial charge in [-0.05, 0) is 5.56 Å². The van der Waals surface area contributed by atoms with Gasteiger partial charge in [0.15, 0.2) is 0 Å². The average Bonchev–Trinajstić information content (AvgIpc) is 2.30. The molecule has 0 aliphatic heterocycles. The summed E-state index contributed by atoms with van der Waals surface area (Å²) in [5, 5.41) is 7.58. The molecule has 3 N–H and O–H groups in total. The van der Waals surface area contributed by atoms with Crippen LogP contribution < -0.4 is 5.73 Å². The number of benzene rings is 1. The van der Waals surface area contributed by atoms with Crippen molar-refractivity contribution in [2.75, 3.05) is 0 Å². The van der Waals surface area contributed by atoms with E-state index >= 15 is 0 Å². The van der Waals surface area contributed by atoms with Crippen LogP contribution in [-0.4, -0.2) is 5.71 Å². The normalized spacial score (nSPS) is 21.9. The van der Waals surface area contributed by atoms with E-state index in [9.17, 15) is 0 Å². The second kappa shape index (κ2) is 2.17. The molecule has 2 nitrogen and oxygen atoms in total. The van der Waals surface area contributed by atoms with Crippen molar-refractivity contribution in [3.63, 3.8) is 0 Å². The molecule has 1 aliphatic carbocycles. The first-order valence-corrected chi connectivity index (χ1v) is 3.71. The van der Waals surface area contributed by atoms with E-state index in [1.807, 2.05) is 24.3 Å². The van der Waals surface area contributed by atoms with E-state index in [0.717, 1.165) is 11.1 Å². The van der Waals surface area contributed by atoms with Gasteiger partial charge in [-0.15, -0.1) is 0 Å². The summed E-state index contributed by atoms with van der Waals surface area (Å²) in [6.45, 7) is 0. The first-order valence-electron chi connectivity index (χ1n) is 3.71. The van der Waals surface area contributed by atoms with Crippen molar-refractivity contribution in [2.24, 2.45) is 5.73 Å². The van der Waals surface area contributed by atoms with Crippen LogP contribution in [0.1, 0.15) is 23.6 Å². The van der Waals surface area contributed by atoms with E-state index in [2.05, 4.69) is 0 Å². The summed E-state index contributed by atoms with van der Waals surface area (Å²) < 4.78 is 0. The Labute approximate surface area is 65.5 Å². The number of nitrogens with one attached hydrogen (secondary N) is 1. The summed E-state index contributed by atoms with van der Waals surface area (Å²) in [4.78, 5) is 0. The molecule has 0 aromatic heterocycles. The van der Waals surface area contributed by atoms with Crippen molar-refractivity contribution in [2.45, 2.75) is 12.5 Å². The van der Waals surface area contributed by atoms with Gasteiger partial charge in [0.05, 0.1) is 0 Å². The Hall–Kier alpha value is -1.15. The van der Waals surface area contributed by atoms with Crippen LogP contribution in [-0.2, 0) is 0 Å². The van der Waals surface area contributed by atoms with Crippen LogP contribution in [0.15, 0.2) is 24.3 Å². The van der Waals surface area contributed by atoms with Gasteiger partial charge in [0.1, 0.15) is 0 Å². The maximum atomic E-state index is 7.58. The van der Waals surface area contributed by atoms with Gasteiger partial charge >= 0.3 is 0 Å². The zero-order valence-corrected chi connectivity index (χ0v) is 6.17. The molecule has 0 radical (unpaired) electrons. The van der Waals surface area contributed by atoms with Crippen LogP contribution in [0, 0.1) is 5.41 Å². The Morgan fingerprint density at radius 1 is 1.36 bits per heavy atom. The van der Waals surface area contributed by atoms with E-state index in [0.29, 0.717) is 12.1 Å². The molecule has 0 saturated carbocycles. The van der Waals surface area contributed by atoms with Crippen LogP contribution in [0.5, 0.6) is 0 Å². The first kappa shape index (κ1) is 6.55. The van der Waals surface area contributed by atoms with Gasteiger partial charge in [-0.1, -0.05) is 24.3 Å². The van der Waals surface area contributed by atoms with Gasteiger partial charge in [-0.2, -0.15) is 0 Å². The molecule has 2 heteroatoms. The van der Waals surface area contributed by atoms with Crippen molar-refractivity contribution in [3.05, 3.63) is 35.4 Å². The van der Waals surface area contributed by atoms with Crippen molar-refractivity contribution in [1.82, 2.24) is 0 Å². The van der Waals surface area contributed by atoms with Gasteiger partial charge in [0.2, 0.25) is 0 Å². The molecular formula is C9H10N2. The number of hydrogen-bond donors (Lipinski definition) is 2. The van der Waals surface area contributed by atoms with Crippen LogP contribution >= 0.6 is 0 Å². The Balaban J connectivity index is 2.60. The standard InChI is InChI=1S/C9H10N2/c10-8-5-9(11)7-4-2-1-3-6(7)8/h1-4,8,11H,5,10H2. The summed E-state index contributed by atoms with van der Waals surface area (Å²) >= 11 is 0. The predicted molar refractivity (Wildman–Crippen MR) is 44.8 cm³/mol. The third-order valence-electron chi connectivity index (χ3n) is 2.11. The maximum Gasteiger partial charge on any atom is 0.0408 e. The molecule has 0 saturated heterocycles. The minimum atomic E-state index is 0.0544. The Kier molecular flexibility index (Phi) is 1.29.